The number of nitrogens with one attached hydrogen (secondary N) is 3. The Morgan fingerprint density at radius 1 is 0.879 bits per heavy atom. The lowest BCUT2D eigenvalue weighted by Gasteiger charge is -2.11. The lowest BCUT2D eigenvalue weighted by Crippen LogP contribution is -2.19. The van der Waals surface area contributed by atoms with Gasteiger partial charge < -0.3 is 20.7 Å². The predicted octanol–water partition coefficient (Wildman–Crippen LogP) is 4.98. The molecule has 2 amide bonds. The molecule has 0 atom stereocenters. The molecule has 4 aromatic rings. The van der Waals surface area contributed by atoms with Crippen LogP contribution in [-0.2, 0) is 0 Å². The van der Waals surface area contributed by atoms with Crippen LogP contribution >= 0.6 is 0 Å². The van der Waals surface area contributed by atoms with E-state index in [1.165, 1.54) is 0 Å². The number of methoxy groups -OCH3 is 1. The summed E-state index contributed by atoms with van der Waals surface area (Å²) in [5.41, 5.74) is 5.21. The topological polar surface area (TPSA) is 106 Å². The molecule has 4 rings (SSSR count). The van der Waals surface area contributed by atoms with Gasteiger partial charge in [0.05, 0.1) is 18.5 Å². The van der Waals surface area contributed by atoms with Crippen LogP contribution in [0.4, 0.5) is 27.7 Å². The van der Waals surface area contributed by atoms with Gasteiger partial charge in [0.1, 0.15) is 5.75 Å². The minimum atomic E-state index is -0.360. The fourth-order valence-electron chi connectivity index (χ4n) is 3.27. The van der Waals surface area contributed by atoms with Crippen LogP contribution in [0.5, 0.6) is 5.75 Å². The highest BCUT2D eigenvalue weighted by Gasteiger charge is 2.11. The summed E-state index contributed by atoms with van der Waals surface area (Å²) in [6, 6.07) is 17.9. The van der Waals surface area contributed by atoms with E-state index < -0.39 is 0 Å². The van der Waals surface area contributed by atoms with Gasteiger partial charge in [0.2, 0.25) is 0 Å². The lowest BCUT2D eigenvalue weighted by atomic mass is 10.2. The first kappa shape index (κ1) is 21.8. The summed E-state index contributed by atoms with van der Waals surface area (Å²) in [5, 5.41) is 21.8. The normalized spacial score (nSPS) is 10.5. The second kappa shape index (κ2) is 9.39. The summed E-state index contributed by atoms with van der Waals surface area (Å²) in [7, 11) is 1.56. The van der Waals surface area contributed by atoms with Crippen molar-refractivity contribution in [1.82, 2.24) is 20.0 Å². The van der Waals surface area contributed by atoms with Gasteiger partial charge in [-0.2, -0.15) is 5.10 Å². The number of aromatic nitrogens is 4. The highest BCUT2D eigenvalue weighted by Crippen LogP contribution is 2.24. The Morgan fingerprint density at radius 3 is 2.24 bits per heavy atom. The summed E-state index contributed by atoms with van der Waals surface area (Å²) >= 11 is 0. The van der Waals surface area contributed by atoms with Crippen molar-refractivity contribution in [2.24, 2.45) is 0 Å². The van der Waals surface area contributed by atoms with Crippen LogP contribution in [0.3, 0.4) is 0 Å². The maximum atomic E-state index is 12.3. The number of amides is 2. The van der Waals surface area contributed by atoms with E-state index in [0.29, 0.717) is 28.8 Å². The molecule has 33 heavy (non-hydrogen) atoms. The standard InChI is InChI=1S/C24H25N7O2/c1-15-16(2)30-31(17(15)3)23-14-13-22(28-29-23)25-18-9-11-19(12-10-18)26-24(32)27-20-7-5-6-8-21(20)33-4/h5-14H,1-4H3,(H,25,28)(H2,26,27,32). The molecule has 2 heterocycles. The van der Waals surface area contributed by atoms with Gasteiger partial charge in [0, 0.05) is 17.1 Å². The molecule has 0 aliphatic carbocycles. The summed E-state index contributed by atoms with van der Waals surface area (Å²) in [5.74, 6) is 1.86. The number of benzene rings is 2. The third-order valence-corrected chi connectivity index (χ3v) is 5.29. The Kier molecular flexibility index (Phi) is 6.21. The van der Waals surface area contributed by atoms with E-state index >= 15 is 0 Å². The summed E-state index contributed by atoms with van der Waals surface area (Å²) in [4.78, 5) is 12.3. The van der Waals surface area contributed by atoms with Crippen molar-refractivity contribution in [3.8, 4) is 11.6 Å². The minimum absolute atomic E-state index is 0.360. The Bertz CT molecular complexity index is 1270. The molecule has 9 heteroatoms. The average molecular weight is 444 g/mol. The molecule has 168 valence electrons. The lowest BCUT2D eigenvalue weighted by molar-refractivity contribution is 0.262. The van der Waals surface area contributed by atoms with Crippen molar-refractivity contribution in [2.75, 3.05) is 23.1 Å². The van der Waals surface area contributed by atoms with Gasteiger partial charge in [0.15, 0.2) is 11.6 Å². The van der Waals surface area contributed by atoms with Crippen LogP contribution in [-0.4, -0.2) is 33.1 Å². The van der Waals surface area contributed by atoms with Crippen molar-refractivity contribution in [3.05, 3.63) is 77.6 Å². The van der Waals surface area contributed by atoms with E-state index in [0.717, 1.165) is 22.6 Å². The Balaban J connectivity index is 1.37. The van der Waals surface area contributed by atoms with Crippen molar-refractivity contribution in [2.45, 2.75) is 20.8 Å². The molecule has 2 aromatic heterocycles. The van der Waals surface area contributed by atoms with Gasteiger partial charge in [-0.1, -0.05) is 12.1 Å². The number of nitrogens with zero attached hydrogens (tertiary/aromatic N) is 4. The van der Waals surface area contributed by atoms with Crippen molar-refractivity contribution >= 4 is 28.9 Å². The number of anilines is 4. The fourth-order valence-corrected chi connectivity index (χ4v) is 3.27. The van der Waals surface area contributed by atoms with Gasteiger partial charge in [-0.15, -0.1) is 10.2 Å². The quantitative estimate of drug-likeness (QED) is 0.388. The number of aryl methyl sites for hydroxylation is 1. The van der Waals surface area contributed by atoms with Crippen molar-refractivity contribution in [1.29, 1.82) is 0 Å². The summed E-state index contributed by atoms with van der Waals surface area (Å²) in [6.07, 6.45) is 0. The minimum Gasteiger partial charge on any atom is -0.495 e. The Hall–Kier alpha value is -4.40. The molecular formula is C24H25N7O2. The highest BCUT2D eigenvalue weighted by molar-refractivity contribution is 6.00. The number of ether oxygens (including phenoxy) is 1. The van der Waals surface area contributed by atoms with E-state index in [1.54, 1.807) is 36.1 Å². The Morgan fingerprint density at radius 2 is 1.61 bits per heavy atom. The van der Waals surface area contributed by atoms with Gasteiger partial charge >= 0.3 is 6.03 Å². The molecule has 0 radical (unpaired) electrons. The molecule has 0 aliphatic heterocycles. The van der Waals surface area contributed by atoms with Gasteiger partial charge in [-0.3, -0.25) is 0 Å². The first-order valence-electron chi connectivity index (χ1n) is 10.4. The second-order valence-corrected chi connectivity index (χ2v) is 7.47. The summed E-state index contributed by atoms with van der Waals surface area (Å²) in [6.45, 7) is 6.02. The second-order valence-electron chi connectivity index (χ2n) is 7.47. The van der Waals surface area contributed by atoms with Crippen LogP contribution in [0.15, 0.2) is 60.7 Å². The number of rotatable bonds is 6. The van der Waals surface area contributed by atoms with Crippen LogP contribution in [0.25, 0.3) is 5.82 Å². The van der Waals surface area contributed by atoms with Crippen LogP contribution < -0.4 is 20.7 Å². The van der Waals surface area contributed by atoms with E-state index in [-0.39, 0.29) is 6.03 Å². The molecule has 0 aliphatic rings. The molecule has 2 aromatic carbocycles. The molecule has 0 unspecified atom stereocenters. The van der Waals surface area contributed by atoms with Crippen LogP contribution in [0.1, 0.15) is 17.0 Å². The largest absolute Gasteiger partial charge is 0.495 e. The molecule has 0 bridgehead atoms. The number of hydrogen-bond acceptors (Lipinski definition) is 6. The monoisotopic (exact) mass is 443 g/mol. The molecular weight excluding hydrogens is 418 g/mol. The van der Waals surface area contributed by atoms with Crippen molar-refractivity contribution < 1.29 is 9.53 Å². The van der Waals surface area contributed by atoms with Gasteiger partial charge in [0.25, 0.3) is 0 Å². The number of carbonyl (C=O) groups excluding carboxylic acids is 1. The van der Waals surface area contributed by atoms with E-state index in [4.69, 9.17) is 4.74 Å². The van der Waals surface area contributed by atoms with Gasteiger partial charge in [-0.05, 0) is 74.9 Å². The number of para-hydroxylation sites is 2. The smallest absolute Gasteiger partial charge is 0.323 e. The van der Waals surface area contributed by atoms with E-state index in [1.807, 2.05) is 57.2 Å². The maximum absolute atomic E-state index is 12.3. The van der Waals surface area contributed by atoms with Crippen LogP contribution in [0.2, 0.25) is 0 Å². The maximum Gasteiger partial charge on any atom is 0.323 e. The highest BCUT2D eigenvalue weighted by atomic mass is 16.5. The number of carbonyl (C=O) groups is 1. The van der Waals surface area contributed by atoms with Crippen molar-refractivity contribution in [3.63, 3.8) is 0 Å². The predicted molar refractivity (Wildman–Crippen MR) is 129 cm³/mol. The number of urea groups is 1. The zero-order valence-corrected chi connectivity index (χ0v) is 18.9. The first-order valence-corrected chi connectivity index (χ1v) is 10.4. The fraction of sp³-hybridized carbons (Fsp3) is 0.167. The van der Waals surface area contributed by atoms with Crippen LogP contribution in [0, 0.1) is 20.8 Å². The number of hydrogen-bond donors (Lipinski definition) is 3. The third kappa shape index (κ3) is 4.93. The van der Waals surface area contributed by atoms with E-state index in [9.17, 15) is 4.79 Å². The zero-order valence-electron chi connectivity index (χ0n) is 18.9. The first-order chi connectivity index (χ1) is 15.9. The molecule has 0 saturated heterocycles. The molecule has 0 fully saturated rings. The SMILES string of the molecule is COc1ccccc1NC(=O)Nc1ccc(Nc2ccc(-n3nc(C)c(C)c3C)nn2)cc1. The molecule has 3 N–H and O–H groups in total. The molecule has 0 spiro atoms. The van der Waals surface area contributed by atoms with E-state index in [2.05, 4.69) is 31.2 Å². The third-order valence-electron chi connectivity index (χ3n) is 5.29. The van der Waals surface area contributed by atoms with Gasteiger partial charge in [-0.25, -0.2) is 9.48 Å². The summed E-state index contributed by atoms with van der Waals surface area (Å²) < 4.78 is 7.04. The molecule has 0 saturated carbocycles. The zero-order chi connectivity index (χ0) is 23.4. The Labute approximate surface area is 191 Å². The molecule has 9 nitrogen and oxygen atoms in total. The average Bonchev–Trinajstić information content (AvgIpc) is 3.08.